The smallest absolute Gasteiger partial charge is 0.329 e. The van der Waals surface area contributed by atoms with Crippen molar-refractivity contribution >= 4 is 12.0 Å². The summed E-state index contributed by atoms with van der Waals surface area (Å²) in [6.07, 6.45) is 0.610. The van der Waals surface area contributed by atoms with Crippen molar-refractivity contribution < 1.29 is 19.4 Å². The predicted octanol–water partition coefficient (Wildman–Crippen LogP) is -0.0607. The number of amides is 2. The summed E-state index contributed by atoms with van der Waals surface area (Å²) < 4.78 is 5.08. The van der Waals surface area contributed by atoms with E-state index in [4.69, 9.17) is 9.84 Å². The molecule has 1 fully saturated rings. The van der Waals surface area contributed by atoms with Gasteiger partial charge in [0.25, 0.3) is 0 Å². The summed E-state index contributed by atoms with van der Waals surface area (Å²) in [4.78, 5) is 22.4. The second-order valence-corrected chi connectivity index (χ2v) is 3.48. The number of aliphatic carboxylic acids is 1. The molecule has 0 radical (unpaired) electrons. The Morgan fingerprint density at radius 1 is 1.40 bits per heavy atom. The number of carbonyl (C=O) groups excluding carboxylic acids is 1. The van der Waals surface area contributed by atoms with Gasteiger partial charge >= 0.3 is 12.0 Å². The fourth-order valence-electron chi connectivity index (χ4n) is 1.53. The molecular formula is C9H16N2O4. The molecule has 15 heavy (non-hydrogen) atoms. The fraction of sp³-hybridized carbons (Fsp3) is 0.778. The molecule has 0 saturated carbocycles. The van der Waals surface area contributed by atoms with Crippen LogP contribution in [-0.2, 0) is 9.53 Å². The minimum absolute atomic E-state index is 0.305. The van der Waals surface area contributed by atoms with Gasteiger partial charge in [-0.25, -0.2) is 9.59 Å². The van der Waals surface area contributed by atoms with Crippen LogP contribution in [-0.4, -0.2) is 42.4 Å². The molecule has 6 nitrogen and oxygen atoms in total. The molecule has 0 aliphatic carbocycles. The molecule has 1 saturated heterocycles. The summed E-state index contributed by atoms with van der Waals surface area (Å²) in [7, 11) is 0. The van der Waals surface area contributed by atoms with Crippen molar-refractivity contribution in [1.82, 2.24) is 10.6 Å². The van der Waals surface area contributed by atoms with E-state index in [0.29, 0.717) is 32.6 Å². The van der Waals surface area contributed by atoms with Crippen LogP contribution < -0.4 is 10.6 Å². The number of hydrogen-bond donors (Lipinski definition) is 3. The Kier molecular flexibility index (Phi) is 3.90. The van der Waals surface area contributed by atoms with E-state index in [9.17, 15) is 9.59 Å². The SMILES string of the molecule is CCNC(=O)NC1(C(=O)O)CCOCC1. The lowest BCUT2D eigenvalue weighted by molar-refractivity contribution is -0.148. The van der Waals surface area contributed by atoms with Gasteiger partial charge < -0.3 is 20.5 Å². The molecule has 86 valence electrons. The van der Waals surface area contributed by atoms with Crippen molar-refractivity contribution in [3.8, 4) is 0 Å². The van der Waals surface area contributed by atoms with Gasteiger partial charge in [0.2, 0.25) is 0 Å². The van der Waals surface area contributed by atoms with Crippen LogP contribution in [0.3, 0.4) is 0 Å². The van der Waals surface area contributed by atoms with Crippen LogP contribution in [0.15, 0.2) is 0 Å². The average molecular weight is 216 g/mol. The van der Waals surface area contributed by atoms with Crippen LogP contribution in [0, 0.1) is 0 Å². The summed E-state index contributed by atoms with van der Waals surface area (Å²) in [6.45, 7) is 2.96. The lowest BCUT2D eigenvalue weighted by Crippen LogP contribution is -2.59. The number of rotatable bonds is 3. The minimum Gasteiger partial charge on any atom is -0.480 e. The van der Waals surface area contributed by atoms with Crippen LogP contribution in [0.5, 0.6) is 0 Å². The summed E-state index contributed by atoms with van der Waals surface area (Å²) in [5.74, 6) is -1.00. The Labute approximate surface area is 88.0 Å². The number of carboxylic acids is 1. The minimum atomic E-state index is -1.17. The first-order valence-electron chi connectivity index (χ1n) is 4.98. The lowest BCUT2D eigenvalue weighted by Gasteiger charge is -2.33. The van der Waals surface area contributed by atoms with Gasteiger partial charge in [-0.2, -0.15) is 0 Å². The van der Waals surface area contributed by atoms with E-state index in [1.165, 1.54) is 0 Å². The van der Waals surface area contributed by atoms with E-state index in [1.807, 2.05) is 0 Å². The fourth-order valence-corrected chi connectivity index (χ4v) is 1.53. The molecule has 0 aromatic carbocycles. The van der Waals surface area contributed by atoms with Crippen molar-refractivity contribution in [3.63, 3.8) is 0 Å². The van der Waals surface area contributed by atoms with Gasteiger partial charge in [-0.3, -0.25) is 0 Å². The third-order valence-corrected chi connectivity index (χ3v) is 2.45. The Morgan fingerprint density at radius 3 is 2.47 bits per heavy atom. The third kappa shape index (κ3) is 2.82. The molecular weight excluding hydrogens is 200 g/mol. The normalized spacial score (nSPS) is 19.3. The van der Waals surface area contributed by atoms with Gasteiger partial charge in [0, 0.05) is 32.6 Å². The molecule has 0 bridgehead atoms. The van der Waals surface area contributed by atoms with Crippen molar-refractivity contribution in [1.29, 1.82) is 0 Å². The van der Waals surface area contributed by atoms with Crippen LogP contribution in [0.4, 0.5) is 4.79 Å². The number of hydrogen-bond acceptors (Lipinski definition) is 3. The molecule has 0 aromatic heterocycles. The first-order chi connectivity index (χ1) is 7.10. The molecule has 1 rings (SSSR count). The van der Waals surface area contributed by atoms with Gasteiger partial charge in [0.15, 0.2) is 0 Å². The molecule has 1 heterocycles. The van der Waals surface area contributed by atoms with Gasteiger partial charge in [-0.1, -0.05) is 0 Å². The summed E-state index contributed by atoms with van der Waals surface area (Å²) in [5, 5.41) is 14.1. The highest BCUT2D eigenvalue weighted by atomic mass is 16.5. The maximum Gasteiger partial charge on any atom is 0.329 e. The first-order valence-corrected chi connectivity index (χ1v) is 4.98. The maximum absolute atomic E-state index is 11.3. The first kappa shape index (κ1) is 11.8. The summed E-state index contributed by atoms with van der Waals surface area (Å²) in [6, 6.07) is -0.443. The number of carbonyl (C=O) groups is 2. The van der Waals surface area contributed by atoms with Crippen LogP contribution in [0.1, 0.15) is 19.8 Å². The Hall–Kier alpha value is -1.30. The number of carboxylic acid groups (broad SMARTS) is 1. The van der Waals surface area contributed by atoms with Gasteiger partial charge in [0.1, 0.15) is 5.54 Å². The Morgan fingerprint density at radius 2 is 2.00 bits per heavy atom. The van der Waals surface area contributed by atoms with E-state index in [0.717, 1.165) is 0 Å². The van der Waals surface area contributed by atoms with E-state index in [-0.39, 0.29) is 0 Å². The molecule has 3 N–H and O–H groups in total. The highest BCUT2D eigenvalue weighted by Crippen LogP contribution is 2.20. The maximum atomic E-state index is 11.3. The number of ether oxygens (including phenoxy) is 1. The molecule has 2 amide bonds. The van der Waals surface area contributed by atoms with E-state index in [1.54, 1.807) is 6.92 Å². The average Bonchev–Trinajstić information content (AvgIpc) is 2.19. The predicted molar refractivity (Wildman–Crippen MR) is 52.6 cm³/mol. The Bertz CT molecular complexity index is 248. The van der Waals surface area contributed by atoms with Crippen molar-refractivity contribution in [2.45, 2.75) is 25.3 Å². The van der Waals surface area contributed by atoms with Crippen molar-refractivity contribution in [3.05, 3.63) is 0 Å². The standard InChI is InChI=1S/C9H16N2O4/c1-2-10-8(14)11-9(7(12)13)3-5-15-6-4-9/h2-6H2,1H3,(H,12,13)(H2,10,11,14). The highest BCUT2D eigenvalue weighted by molar-refractivity contribution is 5.86. The van der Waals surface area contributed by atoms with Gasteiger partial charge in [-0.15, -0.1) is 0 Å². The third-order valence-electron chi connectivity index (χ3n) is 2.45. The summed E-state index contributed by atoms with van der Waals surface area (Å²) >= 11 is 0. The number of nitrogens with one attached hydrogen (secondary N) is 2. The zero-order chi connectivity index (χ0) is 11.3. The highest BCUT2D eigenvalue weighted by Gasteiger charge is 2.41. The van der Waals surface area contributed by atoms with Gasteiger partial charge in [0.05, 0.1) is 0 Å². The molecule has 0 aromatic rings. The van der Waals surface area contributed by atoms with Crippen molar-refractivity contribution in [2.24, 2.45) is 0 Å². The van der Waals surface area contributed by atoms with E-state index >= 15 is 0 Å². The molecule has 1 aliphatic rings. The molecule has 0 spiro atoms. The van der Waals surface area contributed by atoms with E-state index < -0.39 is 17.5 Å². The lowest BCUT2D eigenvalue weighted by atomic mass is 9.90. The molecule has 0 unspecified atom stereocenters. The topological polar surface area (TPSA) is 87.7 Å². The summed E-state index contributed by atoms with van der Waals surface area (Å²) in [5.41, 5.74) is -1.17. The number of urea groups is 1. The largest absolute Gasteiger partial charge is 0.480 e. The monoisotopic (exact) mass is 216 g/mol. The van der Waals surface area contributed by atoms with E-state index in [2.05, 4.69) is 10.6 Å². The molecule has 1 aliphatic heterocycles. The molecule has 6 heteroatoms. The van der Waals surface area contributed by atoms with Crippen LogP contribution >= 0.6 is 0 Å². The van der Waals surface area contributed by atoms with Crippen LogP contribution in [0.2, 0.25) is 0 Å². The van der Waals surface area contributed by atoms with Crippen molar-refractivity contribution in [2.75, 3.05) is 19.8 Å². The quantitative estimate of drug-likeness (QED) is 0.616. The Balaban J connectivity index is 2.64. The van der Waals surface area contributed by atoms with Gasteiger partial charge in [-0.05, 0) is 6.92 Å². The second kappa shape index (κ2) is 4.97. The zero-order valence-electron chi connectivity index (χ0n) is 8.71. The second-order valence-electron chi connectivity index (χ2n) is 3.48. The molecule has 0 atom stereocenters. The van der Waals surface area contributed by atoms with Crippen LogP contribution in [0.25, 0.3) is 0 Å². The zero-order valence-corrected chi connectivity index (χ0v) is 8.71.